The lowest BCUT2D eigenvalue weighted by Crippen LogP contribution is -2.39. The number of carbonyl (C=O) groups is 2. The van der Waals surface area contributed by atoms with Gasteiger partial charge in [-0.05, 0) is 60.8 Å². The summed E-state index contributed by atoms with van der Waals surface area (Å²) in [7, 11) is 0. The summed E-state index contributed by atoms with van der Waals surface area (Å²) < 4.78 is 16.3. The van der Waals surface area contributed by atoms with Crippen molar-refractivity contribution >= 4 is 40.4 Å². The molecular weight excluding hydrogens is 483 g/mol. The molecule has 1 aliphatic heterocycles. The molecule has 0 aliphatic carbocycles. The van der Waals surface area contributed by atoms with Gasteiger partial charge >= 0.3 is 5.91 Å². The summed E-state index contributed by atoms with van der Waals surface area (Å²) in [6.07, 6.45) is 4.33. The van der Waals surface area contributed by atoms with Crippen LogP contribution in [0.25, 0.3) is 17.0 Å². The van der Waals surface area contributed by atoms with Gasteiger partial charge in [0, 0.05) is 22.7 Å². The molecule has 3 heterocycles. The smallest absolute Gasteiger partial charge is 0.331 e. The standard InChI is InChI=1S/C27H20ClFN4O3/c1-2-6-21-22(26(35)33(30-21)20-11-7-17(28)8-12-20)23-24(31-15-4-3-5-16-31)27(36)32(25(23)34)19-13-9-18(29)10-14-19/h3-5,7-16H,2,6H2,1H3. The molecule has 0 atom stereocenters. The van der Waals surface area contributed by atoms with E-state index in [1.807, 2.05) is 6.92 Å². The largest absolute Gasteiger partial charge is 0.858 e. The van der Waals surface area contributed by atoms with Gasteiger partial charge in [0.05, 0.1) is 17.1 Å². The molecule has 0 spiro atoms. The van der Waals surface area contributed by atoms with E-state index in [4.69, 9.17) is 11.6 Å². The minimum Gasteiger partial charge on any atom is -0.858 e. The highest BCUT2D eigenvalue weighted by Gasteiger charge is 2.47. The van der Waals surface area contributed by atoms with Crippen molar-refractivity contribution in [1.82, 2.24) is 9.78 Å². The van der Waals surface area contributed by atoms with Crippen molar-refractivity contribution in [1.29, 1.82) is 0 Å². The van der Waals surface area contributed by atoms with Crippen LogP contribution in [0, 0.1) is 5.82 Å². The third-order valence-electron chi connectivity index (χ3n) is 5.84. The Morgan fingerprint density at radius 2 is 1.58 bits per heavy atom. The van der Waals surface area contributed by atoms with Gasteiger partial charge in [-0.25, -0.2) is 14.0 Å². The fourth-order valence-corrected chi connectivity index (χ4v) is 4.35. The molecule has 2 aromatic carbocycles. The number of aryl methyl sites for hydroxylation is 1. The van der Waals surface area contributed by atoms with Crippen molar-refractivity contribution < 1.29 is 23.7 Å². The van der Waals surface area contributed by atoms with Crippen molar-refractivity contribution in [3.63, 3.8) is 0 Å². The maximum absolute atomic E-state index is 13.8. The van der Waals surface area contributed by atoms with Crippen LogP contribution >= 0.6 is 11.6 Å². The first-order valence-electron chi connectivity index (χ1n) is 11.3. The maximum Gasteiger partial charge on any atom is 0.331 e. The minimum absolute atomic E-state index is 0.0232. The molecule has 2 aromatic heterocycles. The van der Waals surface area contributed by atoms with E-state index in [0.717, 1.165) is 4.90 Å². The average molecular weight is 503 g/mol. The quantitative estimate of drug-likeness (QED) is 0.295. The second kappa shape index (κ2) is 9.39. The molecule has 36 heavy (non-hydrogen) atoms. The molecule has 2 amide bonds. The molecule has 7 nitrogen and oxygen atoms in total. The van der Waals surface area contributed by atoms with Crippen molar-refractivity contribution in [2.24, 2.45) is 0 Å². The van der Waals surface area contributed by atoms with E-state index in [0.29, 0.717) is 29.2 Å². The molecule has 4 aromatic rings. The summed E-state index contributed by atoms with van der Waals surface area (Å²) in [5.74, 6) is -2.33. The third kappa shape index (κ3) is 3.95. The van der Waals surface area contributed by atoms with Gasteiger partial charge in [-0.1, -0.05) is 31.0 Å². The Labute approximate surface area is 211 Å². The predicted molar refractivity (Wildman–Crippen MR) is 131 cm³/mol. The van der Waals surface area contributed by atoms with Crippen LogP contribution in [0.2, 0.25) is 5.02 Å². The second-order valence-electron chi connectivity index (χ2n) is 8.19. The van der Waals surface area contributed by atoms with Crippen molar-refractivity contribution in [3.05, 3.63) is 101 Å². The lowest BCUT2D eigenvalue weighted by molar-refractivity contribution is -0.576. The van der Waals surface area contributed by atoms with Crippen LogP contribution in [0.15, 0.2) is 79.1 Å². The Bertz CT molecular complexity index is 1500. The van der Waals surface area contributed by atoms with E-state index in [9.17, 15) is 19.1 Å². The number of halogens is 2. The zero-order valence-electron chi connectivity index (χ0n) is 19.2. The SMILES string of the molecule is CCCc1nn(-c2ccc(Cl)cc2)c([O-])c1C1=C([n+]2ccccc2)C(=O)N(c2ccc(F)cc2)C1=O. The summed E-state index contributed by atoms with van der Waals surface area (Å²) >= 11 is 6.01. The van der Waals surface area contributed by atoms with Gasteiger partial charge in [0.1, 0.15) is 11.4 Å². The summed E-state index contributed by atoms with van der Waals surface area (Å²) in [5.41, 5.74) is 1.13. The Hall–Kier alpha value is -4.30. The van der Waals surface area contributed by atoms with Crippen LogP contribution in [0.3, 0.4) is 0 Å². The normalized spacial score (nSPS) is 13.7. The molecule has 0 bridgehead atoms. The number of nitrogens with zero attached hydrogens (tertiary/aromatic N) is 4. The number of amides is 2. The van der Waals surface area contributed by atoms with Crippen molar-refractivity contribution in [3.8, 4) is 11.6 Å². The first kappa shape index (κ1) is 23.4. The van der Waals surface area contributed by atoms with Crippen LogP contribution in [-0.2, 0) is 16.0 Å². The van der Waals surface area contributed by atoms with Crippen LogP contribution < -0.4 is 14.6 Å². The van der Waals surface area contributed by atoms with Gasteiger partial charge in [-0.2, -0.15) is 9.67 Å². The summed E-state index contributed by atoms with van der Waals surface area (Å²) in [5, 5.41) is 18.8. The van der Waals surface area contributed by atoms with Crippen molar-refractivity contribution in [2.45, 2.75) is 19.8 Å². The Morgan fingerprint density at radius 3 is 2.22 bits per heavy atom. The summed E-state index contributed by atoms with van der Waals surface area (Å²) in [4.78, 5) is 28.5. The van der Waals surface area contributed by atoms with E-state index in [1.54, 1.807) is 54.9 Å². The Morgan fingerprint density at radius 1 is 0.944 bits per heavy atom. The molecule has 0 fully saturated rings. The first-order chi connectivity index (χ1) is 17.4. The van der Waals surface area contributed by atoms with Crippen molar-refractivity contribution in [2.75, 3.05) is 4.90 Å². The predicted octanol–water partition coefficient (Wildman–Crippen LogP) is 3.92. The summed E-state index contributed by atoms with van der Waals surface area (Å²) in [6, 6.07) is 16.8. The highest BCUT2D eigenvalue weighted by atomic mass is 35.5. The number of pyridine rings is 1. The maximum atomic E-state index is 13.8. The number of benzene rings is 2. The van der Waals surface area contributed by atoms with Crippen LogP contribution in [0.1, 0.15) is 24.6 Å². The molecule has 0 unspecified atom stereocenters. The highest BCUT2D eigenvalue weighted by molar-refractivity contribution is 6.53. The number of hydrogen-bond acceptors (Lipinski definition) is 4. The van der Waals surface area contributed by atoms with Gasteiger partial charge in [-0.3, -0.25) is 9.59 Å². The molecule has 5 rings (SSSR count). The number of imide groups is 1. The van der Waals surface area contributed by atoms with E-state index in [-0.39, 0.29) is 22.5 Å². The van der Waals surface area contributed by atoms with Gasteiger partial charge in [0.25, 0.3) is 11.6 Å². The van der Waals surface area contributed by atoms with E-state index < -0.39 is 23.5 Å². The zero-order valence-corrected chi connectivity index (χ0v) is 19.9. The molecule has 1 aliphatic rings. The molecular formula is C27H20ClFN4O3. The van der Waals surface area contributed by atoms with Gasteiger partial charge < -0.3 is 5.11 Å². The number of hydrogen-bond donors (Lipinski definition) is 0. The topological polar surface area (TPSA) is 82.1 Å². The fourth-order valence-electron chi connectivity index (χ4n) is 4.22. The molecule has 180 valence electrons. The monoisotopic (exact) mass is 502 g/mol. The molecule has 0 N–H and O–H groups in total. The summed E-state index contributed by atoms with van der Waals surface area (Å²) in [6.45, 7) is 1.93. The third-order valence-corrected chi connectivity index (χ3v) is 6.09. The Balaban J connectivity index is 1.75. The lowest BCUT2D eigenvalue weighted by Gasteiger charge is -2.15. The fraction of sp³-hybridized carbons (Fsp3) is 0.111. The molecule has 0 radical (unpaired) electrons. The van der Waals surface area contributed by atoms with E-state index in [2.05, 4.69) is 5.10 Å². The Kier molecular flexibility index (Phi) is 6.12. The average Bonchev–Trinajstić information content (AvgIpc) is 3.33. The second-order valence-corrected chi connectivity index (χ2v) is 8.63. The number of anilines is 1. The van der Waals surface area contributed by atoms with Crippen LogP contribution in [-0.4, -0.2) is 21.6 Å². The molecule has 0 saturated heterocycles. The highest BCUT2D eigenvalue weighted by Crippen LogP contribution is 2.39. The number of rotatable bonds is 6. The minimum atomic E-state index is -0.678. The van der Waals surface area contributed by atoms with Gasteiger partial charge in [0.15, 0.2) is 12.4 Å². The lowest BCUT2D eigenvalue weighted by atomic mass is 10.0. The number of carbonyl (C=O) groups excluding carboxylic acids is 2. The van der Waals surface area contributed by atoms with Gasteiger partial charge in [0.2, 0.25) is 0 Å². The van der Waals surface area contributed by atoms with Crippen LogP contribution in [0.5, 0.6) is 5.88 Å². The number of aromatic nitrogens is 3. The molecule has 0 saturated carbocycles. The zero-order chi connectivity index (χ0) is 25.4. The van der Waals surface area contributed by atoms with Crippen LogP contribution in [0.4, 0.5) is 10.1 Å². The van der Waals surface area contributed by atoms with E-state index in [1.165, 1.54) is 33.5 Å². The van der Waals surface area contributed by atoms with Gasteiger partial charge in [-0.15, -0.1) is 0 Å². The molecule has 9 heteroatoms. The van der Waals surface area contributed by atoms with E-state index >= 15 is 0 Å². The first-order valence-corrected chi connectivity index (χ1v) is 11.7.